The fourth-order valence-electron chi connectivity index (χ4n) is 7.51. The highest BCUT2D eigenvalue weighted by atomic mass is 16.5. The Morgan fingerprint density at radius 3 is 1.69 bits per heavy atom. The van der Waals surface area contributed by atoms with Gasteiger partial charge in [0.15, 0.2) is 0 Å². The van der Waals surface area contributed by atoms with Crippen molar-refractivity contribution in [2.45, 2.75) is 0 Å². The van der Waals surface area contributed by atoms with E-state index >= 15 is 0 Å². The van der Waals surface area contributed by atoms with Gasteiger partial charge in [-0.15, -0.1) is 0 Å². The lowest BCUT2D eigenvalue weighted by Gasteiger charge is -2.23. The van der Waals surface area contributed by atoms with Crippen LogP contribution in [-0.2, 0) is 0 Å². The van der Waals surface area contributed by atoms with Crippen LogP contribution in [0.25, 0.3) is 72.0 Å². The molecule has 3 heteroatoms. The van der Waals surface area contributed by atoms with Gasteiger partial charge >= 0.3 is 0 Å². The van der Waals surface area contributed by atoms with Gasteiger partial charge in [0.1, 0.15) is 23.0 Å². The molecule has 1 aliphatic rings. The Bertz CT molecular complexity index is 2740. The van der Waals surface area contributed by atoms with Crippen molar-refractivity contribution in [3.63, 3.8) is 0 Å². The molecule has 1 aliphatic heterocycles. The molecule has 3 nitrogen and oxygen atoms in total. The molecule has 10 rings (SSSR count). The summed E-state index contributed by atoms with van der Waals surface area (Å²) in [5, 5.41) is 2.44. The average Bonchev–Trinajstić information content (AvgIpc) is 3.53. The second kappa shape index (κ2) is 11.9. The molecule has 0 saturated heterocycles. The van der Waals surface area contributed by atoms with Crippen LogP contribution >= 0.6 is 0 Å². The lowest BCUT2D eigenvalue weighted by Crippen LogP contribution is -1.99. The summed E-state index contributed by atoms with van der Waals surface area (Å²) >= 11 is 0. The number of ether oxygens (including phenoxy) is 2. The Morgan fingerprint density at radius 1 is 0.314 bits per heavy atom. The summed E-state index contributed by atoms with van der Waals surface area (Å²) in [6.07, 6.45) is 0. The number of benzene rings is 8. The van der Waals surface area contributed by atoms with Crippen LogP contribution in [0, 0.1) is 0 Å². The number of nitrogens with zero attached hydrogens (tertiary/aromatic N) is 1. The minimum Gasteiger partial charge on any atom is -0.456 e. The molecule has 0 spiro atoms. The van der Waals surface area contributed by atoms with Gasteiger partial charge < -0.3 is 14.0 Å². The zero-order valence-electron chi connectivity index (χ0n) is 27.7. The van der Waals surface area contributed by atoms with Crippen molar-refractivity contribution < 1.29 is 9.47 Å². The van der Waals surface area contributed by atoms with Crippen molar-refractivity contribution in [2.75, 3.05) is 0 Å². The molecule has 51 heavy (non-hydrogen) atoms. The SMILES string of the molecule is c1ccc(-c2cccc3c2Oc2ccc(-c4ccc5c(c4)c4ccccc4n5-c4ccccc4)cc2-c2ccccc2Oc2ccccc2-3)cc1. The minimum atomic E-state index is 0.764. The van der Waals surface area contributed by atoms with Crippen LogP contribution in [0.1, 0.15) is 0 Å². The first-order valence-corrected chi connectivity index (χ1v) is 17.3. The van der Waals surface area contributed by atoms with Gasteiger partial charge in [-0.05, 0) is 71.3 Å². The van der Waals surface area contributed by atoms with Crippen molar-refractivity contribution in [1.29, 1.82) is 0 Å². The van der Waals surface area contributed by atoms with E-state index in [0.29, 0.717) is 0 Å². The molecule has 9 aromatic rings. The molecule has 2 heterocycles. The summed E-state index contributed by atoms with van der Waals surface area (Å²) < 4.78 is 16.3. The number of rotatable bonds is 3. The maximum Gasteiger partial charge on any atom is 0.143 e. The molecule has 240 valence electrons. The third-order valence-electron chi connectivity index (χ3n) is 9.89. The summed E-state index contributed by atoms with van der Waals surface area (Å²) in [5.74, 6) is 3.11. The van der Waals surface area contributed by atoms with Crippen molar-refractivity contribution >= 4 is 21.8 Å². The fraction of sp³-hybridized carbons (Fsp3) is 0. The second-order valence-corrected chi connectivity index (χ2v) is 12.9. The highest BCUT2D eigenvalue weighted by molar-refractivity contribution is 6.10. The van der Waals surface area contributed by atoms with E-state index in [2.05, 4.69) is 156 Å². The number of hydrogen-bond donors (Lipinski definition) is 0. The van der Waals surface area contributed by atoms with Crippen LogP contribution in [0.3, 0.4) is 0 Å². The van der Waals surface area contributed by atoms with Crippen LogP contribution in [0.15, 0.2) is 188 Å². The Balaban J connectivity index is 1.19. The van der Waals surface area contributed by atoms with Crippen LogP contribution in [0.4, 0.5) is 0 Å². The topological polar surface area (TPSA) is 23.4 Å². The van der Waals surface area contributed by atoms with Gasteiger partial charge in [-0.3, -0.25) is 0 Å². The maximum atomic E-state index is 7.13. The van der Waals surface area contributed by atoms with E-state index in [-0.39, 0.29) is 0 Å². The number of aromatic nitrogens is 1. The first-order valence-electron chi connectivity index (χ1n) is 17.3. The smallest absolute Gasteiger partial charge is 0.143 e. The Labute approximate surface area is 296 Å². The molecule has 0 aliphatic carbocycles. The summed E-state index contributed by atoms with van der Waals surface area (Å²) in [4.78, 5) is 0. The standard InChI is InChI=1S/C48H31NO2/c1-3-14-32(15-4-1)36-21-13-22-40-38-19-8-11-24-45(38)50-46-25-12-9-20-39(46)42-31-34(27-29-47(42)51-48(36)40)33-26-28-44-41(30-33)37-18-7-10-23-43(37)49(44)35-16-5-2-6-17-35/h1-31H. The minimum absolute atomic E-state index is 0.764. The van der Waals surface area contributed by atoms with E-state index in [1.165, 1.54) is 21.8 Å². The Morgan fingerprint density at radius 2 is 0.882 bits per heavy atom. The van der Waals surface area contributed by atoms with Crippen molar-refractivity contribution in [1.82, 2.24) is 4.57 Å². The zero-order chi connectivity index (χ0) is 33.7. The van der Waals surface area contributed by atoms with E-state index in [0.717, 1.165) is 73.2 Å². The third-order valence-corrected chi connectivity index (χ3v) is 9.89. The maximum absolute atomic E-state index is 7.13. The average molecular weight is 654 g/mol. The van der Waals surface area contributed by atoms with Gasteiger partial charge in [-0.2, -0.15) is 0 Å². The van der Waals surface area contributed by atoms with E-state index in [9.17, 15) is 0 Å². The molecule has 0 bridgehead atoms. The fourth-order valence-corrected chi connectivity index (χ4v) is 7.51. The highest BCUT2D eigenvalue weighted by Gasteiger charge is 2.23. The lowest BCUT2D eigenvalue weighted by molar-refractivity contribution is 0.473. The highest BCUT2D eigenvalue weighted by Crippen LogP contribution is 2.50. The quantitative estimate of drug-likeness (QED) is 0.189. The van der Waals surface area contributed by atoms with Gasteiger partial charge in [0.05, 0.1) is 11.0 Å². The third kappa shape index (κ3) is 4.90. The molecule has 8 aromatic carbocycles. The van der Waals surface area contributed by atoms with Gasteiger partial charge in [0, 0.05) is 44.3 Å². The molecule has 0 amide bonds. The summed E-state index contributed by atoms with van der Waals surface area (Å²) in [7, 11) is 0. The molecule has 1 aromatic heterocycles. The van der Waals surface area contributed by atoms with E-state index in [1.807, 2.05) is 36.4 Å². The molecular weight excluding hydrogens is 623 g/mol. The molecular formula is C48H31NO2. The predicted molar refractivity (Wildman–Crippen MR) is 209 cm³/mol. The van der Waals surface area contributed by atoms with Crippen LogP contribution < -0.4 is 9.47 Å². The van der Waals surface area contributed by atoms with E-state index in [1.54, 1.807) is 0 Å². The zero-order valence-corrected chi connectivity index (χ0v) is 27.7. The predicted octanol–water partition coefficient (Wildman–Crippen LogP) is 13.3. The number of fused-ring (bicyclic) bond motifs is 9. The largest absolute Gasteiger partial charge is 0.456 e. The van der Waals surface area contributed by atoms with Crippen molar-refractivity contribution in [3.05, 3.63) is 188 Å². The van der Waals surface area contributed by atoms with Crippen LogP contribution in [0.5, 0.6) is 23.0 Å². The van der Waals surface area contributed by atoms with Crippen LogP contribution in [0.2, 0.25) is 0 Å². The van der Waals surface area contributed by atoms with E-state index in [4.69, 9.17) is 9.47 Å². The first kappa shape index (κ1) is 29.1. The molecule has 0 saturated carbocycles. The Hall–Kier alpha value is -6.84. The molecule has 0 fully saturated rings. The summed E-state index contributed by atoms with van der Waals surface area (Å²) in [5.41, 5.74) is 11.7. The number of para-hydroxylation sites is 5. The normalized spacial score (nSPS) is 11.8. The van der Waals surface area contributed by atoms with Crippen LogP contribution in [-0.4, -0.2) is 4.57 Å². The lowest BCUT2D eigenvalue weighted by atomic mass is 9.94. The van der Waals surface area contributed by atoms with E-state index < -0.39 is 0 Å². The second-order valence-electron chi connectivity index (χ2n) is 12.9. The van der Waals surface area contributed by atoms with Crippen molar-refractivity contribution in [2.24, 2.45) is 0 Å². The monoisotopic (exact) mass is 653 g/mol. The van der Waals surface area contributed by atoms with Gasteiger partial charge in [0.2, 0.25) is 0 Å². The van der Waals surface area contributed by atoms with Gasteiger partial charge in [-0.25, -0.2) is 0 Å². The van der Waals surface area contributed by atoms with Gasteiger partial charge in [0.25, 0.3) is 0 Å². The first-order chi connectivity index (χ1) is 25.3. The Kier molecular flexibility index (Phi) is 6.81. The molecule has 0 N–H and O–H groups in total. The van der Waals surface area contributed by atoms with Gasteiger partial charge in [-0.1, -0.05) is 133 Å². The number of hydrogen-bond acceptors (Lipinski definition) is 2. The molecule has 0 unspecified atom stereocenters. The molecule has 0 atom stereocenters. The molecule has 0 radical (unpaired) electrons. The summed E-state index contributed by atoms with van der Waals surface area (Å²) in [6, 6.07) is 65.8. The summed E-state index contributed by atoms with van der Waals surface area (Å²) in [6.45, 7) is 0. The van der Waals surface area contributed by atoms with Crippen molar-refractivity contribution in [3.8, 4) is 73.2 Å².